The lowest BCUT2D eigenvalue weighted by atomic mass is 9.74. The molecule has 2 saturated carbocycles. The molecule has 2 nitrogen and oxygen atoms in total. The van der Waals surface area contributed by atoms with Gasteiger partial charge in [0.1, 0.15) is 5.54 Å². The Kier molecular flexibility index (Phi) is 3.41. The number of hydrogen-bond donors (Lipinski definition) is 1. The third-order valence-corrected chi connectivity index (χ3v) is 4.77. The first-order valence-electron chi connectivity index (χ1n) is 7.16. The van der Waals surface area contributed by atoms with Crippen LogP contribution in [-0.2, 0) is 0 Å². The lowest BCUT2D eigenvalue weighted by Crippen LogP contribution is -2.42. The highest BCUT2D eigenvalue weighted by molar-refractivity contribution is 6.30. The van der Waals surface area contributed by atoms with Crippen LogP contribution >= 0.6 is 11.6 Å². The van der Waals surface area contributed by atoms with Crippen LogP contribution in [0.25, 0.3) is 0 Å². The lowest BCUT2D eigenvalue weighted by molar-refractivity contribution is 0.263. The van der Waals surface area contributed by atoms with Crippen LogP contribution in [0.4, 0.5) is 5.69 Å². The molecule has 0 radical (unpaired) electrons. The molecule has 0 aromatic heterocycles. The lowest BCUT2D eigenvalue weighted by Gasteiger charge is -2.37. The zero-order valence-corrected chi connectivity index (χ0v) is 11.8. The van der Waals surface area contributed by atoms with Gasteiger partial charge in [-0.15, -0.1) is 0 Å². The van der Waals surface area contributed by atoms with Crippen LogP contribution in [-0.4, -0.2) is 5.54 Å². The maximum absolute atomic E-state index is 9.64. The summed E-state index contributed by atoms with van der Waals surface area (Å²) in [6.07, 6.45) is 7.15. The first kappa shape index (κ1) is 12.8. The fraction of sp³-hybridized carbons (Fsp3) is 0.562. The van der Waals surface area contributed by atoms with E-state index in [1.165, 1.54) is 19.3 Å². The highest BCUT2D eigenvalue weighted by atomic mass is 35.5. The fourth-order valence-electron chi connectivity index (χ4n) is 3.34. The van der Waals surface area contributed by atoms with Crippen molar-refractivity contribution in [3.8, 4) is 6.07 Å². The van der Waals surface area contributed by atoms with Gasteiger partial charge in [-0.2, -0.15) is 5.26 Å². The first-order valence-corrected chi connectivity index (χ1v) is 7.54. The number of rotatable bonds is 3. The van der Waals surface area contributed by atoms with Crippen molar-refractivity contribution in [1.82, 2.24) is 0 Å². The second-order valence-electron chi connectivity index (χ2n) is 6.02. The molecule has 0 spiro atoms. The zero-order chi connectivity index (χ0) is 13.3. The van der Waals surface area contributed by atoms with Gasteiger partial charge in [-0.25, -0.2) is 0 Å². The molecule has 0 saturated heterocycles. The largest absolute Gasteiger partial charge is 0.367 e. The Hall–Kier alpha value is -1.20. The third kappa shape index (κ3) is 2.87. The topological polar surface area (TPSA) is 35.8 Å². The van der Waals surface area contributed by atoms with Gasteiger partial charge >= 0.3 is 0 Å². The summed E-state index contributed by atoms with van der Waals surface area (Å²) in [6.45, 7) is 0. The monoisotopic (exact) mass is 274 g/mol. The van der Waals surface area contributed by atoms with Gasteiger partial charge in [0, 0.05) is 10.7 Å². The Bertz CT molecular complexity index is 486. The molecule has 1 N–H and O–H groups in total. The summed E-state index contributed by atoms with van der Waals surface area (Å²) in [5, 5.41) is 13.8. The normalized spacial score (nSPS) is 30.6. The number of benzene rings is 1. The molecule has 100 valence electrons. The van der Waals surface area contributed by atoms with E-state index < -0.39 is 0 Å². The van der Waals surface area contributed by atoms with E-state index in [1.807, 2.05) is 24.3 Å². The highest BCUT2D eigenvalue weighted by Gasteiger charge is 2.42. The molecule has 0 bridgehead atoms. The summed E-state index contributed by atoms with van der Waals surface area (Å²) in [5.41, 5.74) is 0.627. The molecule has 3 rings (SSSR count). The maximum atomic E-state index is 9.64. The molecule has 0 aliphatic heterocycles. The average molecular weight is 275 g/mol. The van der Waals surface area contributed by atoms with Crippen LogP contribution in [0.1, 0.15) is 38.5 Å². The Morgan fingerprint density at radius 2 is 1.89 bits per heavy atom. The summed E-state index contributed by atoms with van der Waals surface area (Å²) in [6, 6.07) is 10.2. The second-order valence-corrected chi connectivity index (χ2v) is 6.46. The molecule has 1 aromatic rings. The van der Waals surface area contributed by atoms with E-state index in [0.29, 0.717) is 0 Å². The van der Waals surface area contributed by atoms with Crippen molar-refractivity contribution in [1.29, 1.82) is 5.26 Å². The van der Waals surface area contributed by atoms with Crippen molar-refractivity contribution in [2.45, 2.75) is 44.1 Å². The molecule has 2 atom stereocenters. The minimum Gasteiger partial charge on any atom is -0.367 e. The quantitative estimate of drug-likeness (QED) is 0.873. The Balaban J connectivity index is 1.74. The van der Waals surface area contributed by atoms with Crippen molar-refractivity contribution in [2.24, 2.45) is 11.8 Å². The predicted molar refractivity (Wildman–Crippen MR) is 78.1 cm³/mol. The van der Waals surface area contributed by atoms with Gasteiger partial charge in [0.15, 0.2) is 0 Å². The van der Waals surface area contributed by atoms with Crippen molar-refractivity contribution < 1.29 is 0 Å². The van der Waals surface area contributed by atoms with Crippen LogP contribution in [0.5, 0.6) is 0 Å². The minimum absolute atomic E-state index is 0.376. The van der Waals surface area contributed by atoms with Crippen molar-refractivity contribution >= 4 is 17.3 Å². The van der Waals surface area contributed by atoms with Gasteiger partial charge in [0.25, 0.3) is 0 Å². The molecule has 19 heavy (non-hydrogen) atoms. The predicted octanol–water partition coefficient (Wildman–Crippen LogP) is 4.61. The van der Waals surface area contributed by atoms with Crippen LogP contribution in [0.3, 0.4) is 0 Å². The van der Waals surface area contributed by atoms with Crippen LogP contribution in [0.2, 0.25) is 5.02 Å². The van der Waals surface area contributed by atoms with Crippen LogP contribution in [0.15, 0.2) is 24.3 Å². The van der Waals surface area contributed by atoms with Gasteiger partial charge < -0.3 is 5.32 Å². The smallest absolute Gasteiger partial charge is 0.125 e. The number of nitrogens with one attached hydrogen (secondary N) is 1. The van der Waals surface area contributed by atoms with Gasteiger partial charge in [-0.1, -0.05) is 11.6 Å². The van der Waals surface area contributed by atoms with Gasteiger partial charge in [0.2, 0.25) is 0 Å². The molecule has 2 aliphatic rings. The number of nitrogens with zero attached hydrogens (tertiary/aromatic N) is 1. The average Bonchev–Trinajstić information content (AvgIpc) is 3.26. The number of halogens is 1. The van der Waals surface area contributed by atoms with E-state index in [4.69, 9.17) is 11.6 Å². The van der Waals surface area contributed by atoms with Gasteiger partial charge in [-0.05, 0) is 74.6 Å². The molecule has 0 amide bonds. The summed E-state index contributed by atoms with van der Waals surface area (Å²) in [5.74, 6) is 1.63. The maximum Gasteiger partial charge on any atom is 0.125 e. The van der Waals surface area contributed by atoms with Crippen LogP contribution < -0.4 is 5.32 Å². The molecule has 2 fully saturated rings. The summed E-state index contributed by atoms with van der Waals surface area (Å²) in [7, 11) is 0. The van der Waals surface area contributed by atoms with Crippen molar-refractivity contribution in [3.63, 3.8) is 0 Å². The fourth-order valence-corrected chi connectivity index (χ4v) is 3.47. The number of hydrogen-bond acceptors (Lipinski definition) is 2. The molecule has 0 heterocycles. The third-order valence-electron chi connectivity index (χ3n) is 4.52. The van der Waals surface area contributed by atoms with E-state index >= 15 is 0 Å². The van der Waals surface area contributed by atoms with E-state index in [-0.39, 0.29) is 5.54 Å². The van der Waals surface area contributed by atoms with Crippen molar-refractivity contribution in [2.75, 3.05) is 5.32 Å². The molecule has 2 aliphatic carbocycles. The molecular formula is C16H19ClN2. The zero-order valence-electron chi connectivity index (χ0n) is 11.0. The first-order chi connectivity index (χ1) is 9.21. The van der Waals surface area contributed by atoms with E-state index in [9.17, 15) is 5.26 Å². The molecule has 3 heteroatoms. The minimum atomic E-state index is -0.376. The van der Waals surface area contributed by atoms with Gasteiger partial charge in [0.05, 0.1) is 6.07 Å². The highest BCUT2D eigenvalue weighted by Crippen LogP contribution is 2.47. The second kappa shape index (κ2) is 5.06. The summed E-state index contributed by atoms with van der Waals surface area (Å²) < 4.78 is 0. The van der Waals surface area contributed by atoms with E-state index in [0.717, 1.165) is 41.8 Å². The van der Waals surface area contributed by atoms with E-state index in [1.54, 1.807) is 0 Å². The van der Waals surface area contributed by atoms with E-state index in [2.05, 4.69) is 11.4 Å². The number of nitriles is 1. The SMILES string of the molecule is N#CC1(Nc2ccc(Cl)cc2)CCCC(C2CC2)C1. The molecule has 2 unspecified atom stereocenters. The number of anilines is 1. The van der Waals surface area contributed by atoms with Crippen molar-refractivity contribution in [3.05, 3.63) is 29.3 Å². The molecular weight excluding hydrogens is 256 g/mol. The summed E-state index contributed by atoms with van der Waals surface area (Å²) >= 11 is 5.90. The Morgan fingerprint density at radius 1 is 1.16 bits per heavy atom. The van der Waals surface area contributed by atoms with Crippen LogP contribution in [0, 0.1) is 23.2 Å². The summed E-state index contributed by atoms with van der Waals surface area (Å²) in [4.78, 5) is 0. The Morgan fingerprint density at radius 3 is 2.53 bits per heavy atom. The molecule has 1 aromatic carbocycles. The Labute approximate surface area is 119 Å². The van der Waals surface area contributed by atoms with Gasteiger partial charge in [-0.3, -0.25) is 0 Å². The standard InChI is InChI=1S/C16H19ClN2/c17-14-5-7-15(8-6-14)19-16(11-18)9-1-2-13(10-16)12-3-4-12/h5-8,12-13,19H,1-4,9-10H2.